The first-order chi connectivity index (χ1) is 8.18. The highest BCUT2D eigenvalue weighted by molar-refractivity contribution is 5.73. The minimum absolute atomic E-state index is 0.227. The Morgan fingerprint density at radius 1 is 1.53 bits per heavy atom. The highest BCUT2D eigenvalue weighted by atomic mass is 16.3. The maximum Gasteiger partial charge on any atom is 0.217 e. The summed E-state index contributed by atoms with van der Waals surface area (Å²) in [6, 6.07) is 2.02. The van der Waals surface area contributed by atoms with Gasteiger partial charge in [-0.05, 0) is 38.2 Å². The van der Waals surface area contributed by atoms with Gasteiger partial charge in [0.25, 0.3) is 0 Å². The molecule has 1 aliphatic carbocycles. The van der Waals surface area contributed by atoms with Crippen LogP contribution in [0.25, 0.3) is 0 Å². The Morgan fingerprint density at radius 3 is 3.12 bits per heavy atom. The van der Waals surface area contributed by atoms with Crippen LogP contribution in [0, 0.1) is 0 Å². The lowest BCUT2D eigenvalue weighted by Crippen LogP contribution is -2.13. The molecule has 1 heterocycles. The second kappa shape index (κ2) is 5.36. The van der Waals surface area contributed by atoms with Gasteiger partial charge >= 0.3 is 0 Å². The van der Waals surface area contributed by atoms with Crippen LogP contribution in [0.1, 0.15) is 49.5 Å². The van der Waals surface area contributed by atoms with Crippen LogP contribution in [-0.2, 0) is 17.8 Å². The predicted octanol–water partition coefficient (Wildman–Crippen LogP) is 1.51. The van der Waals surface area contributed by atoms with Crippen molar-refractivity contribution in [1.29, 1.82) is 0 Å². The molecule has 0 spiro atoms. The highest BCUT2D eigenvalue weighted by Crippen LogP contribution is 2.30. The van der Waals surface area contributed by atoms with Crippen molar-refractivity contribution in [3.8, 4) is 0 Å². The summed E-state index contributed by atoms with van der Waals surface area (Å²) in [5, 5.41) is 9.84. The lowest BCUT2D eigenvalue weighted by Gasteiger charge is -2.20. The molecule has 1 aromatic heterocycles. The van der Waals surface area contributed by atoms with E-state index in [-0.39, 0.29) is 12.0 Å². The molecule has 94 valence electrons. The van der Waals surface area contributed by atoms with E-state index in [1.54, 1.807) is 0 Å². The molecule has 0 saturated heterocycles. The summed E-state index contributed by atoms with van der Waals surface area (Å²) < 4.78 is 2.21. The first kappa shape index (κ1) is 12.2. The minimum Gasteiger partial charge on any atom is -0.388 e. The number of rotatable bonds is 5. The summed E-state index contributed by atoms with van der Waals surface area (Å²) in [4.78, 5) is 10.6. The van der Waals surface area contributed by atoms with E-state index in [9.17, 15) is 9.90 Å². The average molecular weight is 236 g/mol. The molecule has 0 radical (unpaired) electrons. The van der Waals surface area contributed by atoms with E-state index in [1.165, 1.54) is 5.69 Å². The molecule has 4 heteroatoms. The number of fused-ring (bicyclic) bond motifs is 1. The van der Waals surface area contributed by atoms with E-state index < -0.39 is 0 Å². The number of aliphatic hydroxyl groups is 1. The van der Waals surface area contributed by atoms with Gasteiger partial charge in [-0.2, -0.15) is 0 Å². The van der Waals surface area contributed by atoms with Crippen LogP contribution in [0.3, 0.4) is 0 Å². The zero-order chi connectivity index (χ0) is 12.3. The number of amides is 1. The minimum atomic E-state index is -0.286. The Bertz CT molecular complexity index is 398. The molecular weight excluding hydrogens is 216 g/mol. The lowest BCUT2D eigenvalue weighted by molar-refractivity contribution is -0.118. The molecule has 2 rings (SSSR count). The molecule has 1 amide bonds. The number of hydrogen-bond acceptors (Lipinski definition) is 2. The summed E-state index contributed by atoms with van der Waals surface area (Å²) in [5.41, 5.74) is 7.46. The van der Waals surface area contributed by atoms with E-state index in [0.717, 1.165) is 44.2 Å². The molecule has 17 heavy (non-hydrogen) atoms. The molecule has 4 nitrogen and oxygen atoms in total. The van der Waals surface area contributed by atoms with Crippen LogP contribution in [0.4, 0.5) is 0 Å². The fourth-order valence-electron chi connectivity index (χ4n) is 2.52. The topological polar surface area (TPSA) is 68.2 Å². The van der Waals surface area contributed by atoms with Gasteiger partial charge in [0.2, 0.25) is 5.91 Å². The molecule has 1 aliphatic rings. The maximum absolute atomic E-state index is 10.6. The van der Waals surface area contributed by atoms with Crippen LogP contribution in [0.15, 0.2) is 12.3 Å². The van der Waals surface area contributed by atoms with Crippen molar-refractivity contribution in [1.82, 2.24) is 4.57 Å². The van der Waals surface area contributed by atoms with E-state index >= 15 is 0 Å². The van der Waals surface area contributed by atoms with Crippen molar-refractivity contribution in [2.24, 2.45) is 5.73 Å². The number of hydrogen-bond donors (Lipinski definition) is 2. The standard InChI is InChI=1S/C13H20N2O2/c14-13(17)6-1-2-8-15-9-7-10-11(15)4-3-5-12(10)16/h7,9,12,16H,1-6,8H2,(H2,14,17). The van der Waals surface area contributed by atoms with Crippen LogP contribution >= 0.6 is 0 Å². The molecule has 0 aromatic carbocycles. The molecule has 0 fully saturated rings. The summed E-state index contributed by atoms with van der Waals surface area (Å²) in [6.07, 6.45) is 7.00. The van der Waals surface area contributed by atoms with Gasteiger partial charge in [-0.25, -0.2) is 0 Å². The third-order valence-electron chi connectivity index (χ3n) is 3.44. The SMILES string of the molecule is NC(=O)CCCCn1ccc2c1CCCC2O. The monoisotopic (exact) mass is 236 g/mol. The van der Waals surface area contributed by atoms with E-state index in [4.69, 9.17) is 5.73 Å². The van der Waals surface area contributed by atoms with Gasteiger partial charge in [-0.1, -0.05) is 0 Å². The van der Waals surface area contributed by atoms with Crippen molar-refractivity contribution in [2.75, 3.05) is 0 Å². The maximum atomic E-state index is 10.6. The van der Waals surface area contributed by atoms with Gasteiger partial charge < -0.3 is 15.4 Å². The third kappa shape index (κ3) is 2.88. The number of carbonyl (C=O) groups is 1. The van der Waals surface area contributed by atoms with Crippen LogP contribution in [0.5, 0.6) is 0 Å². The molecule has 3 N–H and O–H groups in total. The zero-order valence-corrected chi connectivity index (χ0v) is 10.1. The number of primary amides is 1. The smallest absolute Gasteiger partial charge is 0.217 e. The fourth-order valence-corrected chi connectivity index (χ4v) is 2.52. The van der Waals surface area contributed by atoms with Crippen LogP contribution in [-0.4, -0.2) is 15.6 Å². The lowest BCUT2D eigenvalue weighted by atomic mass is 9.95. The van der Waals surface area contributed by atoms with E-state index in [0.29, 0.717) is 6.42 Å². The van der Waals surface area contributed by atoms with Gasteiger partial charge in [-0.3, -0.25) is 4.79 Å². The van der Waals surface area contributed by atoms with Crippen LogP contribution < -0.4 is 5.73 Å². The van der Waals surface area contributed by atoms with E-state index in [1.807, 2.05) is 12.3 Å². The molecule has 0 bridgehead atoms. The van der Waals surface area contributed by atoms with Gasteiger partial charge in [0.15, 0.2) is 0 Å². The Balaban J connectivity index is 1.91. The van der Waals surface area contributed by atoms with Gasteiger partial charge in [0.05, 0.1) is 6.10 Å². The number of nitrogens with two attached hydrogens (primary N) is 1. The number of nitrogens with zero attached hydrogens (tertiary/aromatic N) is 1. The molecule has 0 saturated carbocycles. The largest absolute Gasteiger partial charge is 0.388 e. The van der Waals surface area contributed by atoms with Gasteiger partial charge in [-0.15, -0.1) is 0 Å². The van der Waals surface area contributed by atoms with Crippen molar-refractivity contribution >= 4 is 5.91 Å². The zero-order valence-electron chi connectivity index (χ0n) is 10.1. The van der Waals surface area contributed by atoms with Crippen molar-refractivity contribution in [3.05, 3.63) is 23.5 Å². The van der Waals surface area contributed by atoms with E-state index in [2.05, 4.69) is 4.57 Å². The summed E-state index contributed by atoms with van der Waals surface area (Å²) in [6.45, 7) is 0.912. The summed E-state index contributed by atoms with van der Waals surface area (Å²) in [5.74, 6) is -0.227. The highest BCUT2D eigenvalue weighted by Gasteiger charge is 2.20. The first-order valence-electron chi connectivity index (χ1n) is 6.33. The van der Waals surface area contributed by atoms with Crippen molar-refractivity contribution in [2.45, 2.75) is 51.2 Å². The van der Waals surface area contributed by atoms with Crippen LogP contribution in [0.2, 0.25) is 0 Å². The number of aromatic nitrogens is 1. The van der Waals surface area contributed by atoms with Crippen molar-refractivity contribution < 1.29 is 9.90 Å². The quantitative estimate of drug-likeness (QED) is 0.761. The number of unbranched alkanes of at least 4 members (excludes halogenated alkanes) is 1. The van der Waals surface area contributed by atoms with Gasteiger partial charge in [0.1, 0.15) is 0 Å². The number of carbonyl (C=O) groups excluding carboxylic acids is 1. The second-order valence-electron chi connectivity index (χ2n) is 4.74. The summed E-state index contributed by atoms with van der Waals surface area (Å²) >= 11 is 0. The molecule has 1 atom stereocenters. The normalized spacial score (nSPS) is 19.0. The number of aliphatic hydroxyl groups excluding tert-OH is 1. The third-order valence-corrected chi connectivity index (χ3v) is 3.44. The summed E-state index contributed by atoms with van der Waals surface area (Å²) in [7, 11) is 0. The molecular formula is C13H20N2O2. The first-order valence-corrected chi connectivity index (χ1v) is 6.33. The Hall–Kier alpha value is -1.29. The fraction of sp³-hybridized carbons (Fsp3) is 0.615. The Morgan fingerprint density at radius 2 is 2.35 bits per heavy atom. The second-order valence-corrected chi connectivity index (χ2v) is 4.74. The average Bonchev–Trinajstić information content (AvgIpc) is 2.69. The Kier molecular flexibility index (Phi) is 3.84. The predicted molar refractivity (Wildman–Crippen MR) is 65.4 cm³/mol. The van der Waals surface area contributed by atoms with Gasteiger partial charge in [0, 0.05) is 30.4 Å². The molecule has 1 aromatic rings. The van der Waals surface area contributed by atoms with Crippen molar-refractivity contribution in [3.63, 3.8) is 0 Å². The number of aryl methyl sites for hydroxylation is 1. The molecule has 0 aliphatic heterocycles. The molecule has 1 unspecified atom stereocenters. The Labute approximate surface area is 101 Å².